The summed E-state index contributed by atoms with van der Waals surface area (Å²) in [5.41, 5.74) is 9.85. The van der Waals surface area contributed by atoms with Crippen molar-refractivity contribution in [3.63, 3.8) is 0 Å². The zero-order chi connectivity index (χ0) is 81.0. The quantitative estimate of drug-likeness (QED) is 0.0302. The topological polar surface area (TPSA) is 271 Å². The molecule has 0 saturated carbocycles. The molecule has 0 unspecified atom stereocenters. The van der Waals surface area contributed by atoms with Crippen LogP contribution in [0.3, 0.4) is 0 Å². The highest BCUT2D eigenvalue weighted by molar-refractivity contribution is 7.09. The van der Waals surface area contributed by atoms with Gasteiger partial charge in [-0.25, -0.2) is 9.97 Å². The summed E-state index contributed by atoms with van der Waals surface area (Å²) in [5, 5.41) is 27.6. The molecule has 2 aromatic heterocycles. The minimum absolute atomic E-state index is 0. The lowest BCUT2D eigenvalue weighted by Crippen LogP contribution is -2.59. The first-order valence-electron chi connectivity index (χ1n) is 39.6. The Bertz CT molecular complexity index is 3880. The Morgan fingerprint density at radius 2 is 0.938 bits per heavy atom. The van der Waals surface area contributed by atoms with Gasteiger partial charge in [0.15, 0.2) is 0 Å². The van der Waals surface area contributed by atoms with Crippen molar-refractivity contribution in [1.82, 2.24) is 29.6 Å². The average Bonchev–Trinajstić information content (AvgIpc) is 1.63. The fraction of sp³-hybridized carbons (Fsp3) is 0.589. The van der Waals surface area contributed by atoms with Gasteiger partial charge in [0.1, 0.15) is 24.2 Å². The van der Waals surface area contributed by atoms with E-state index >= 15 is 0 Å². The van der Waals surface area contributed by atoms with Crippen molar-refractivity contribution < 1.29 is 67.5 Å². The fourth-order valence-electron chi connectivity index (χ4n) is 16.9. The van der Waals surface area contributed by atoms with E-state index in [0.717, 1.165) is 69.1 Å². The van der Waals surface area contributed by atoms with Gasteiger partial charge in [0.2, 0.25) is 23.6 Å². The number of aromatic nitrogens is 2. The number of thiazole rings is 2. The second-order valence-electron chi connectivity index (χ2n) is 32.0. The first-order chi connectivity index (χ1) is 52.9. The number of ketones is 2. The molecule has 4 heterocycles. The molecule has 0 radical (unpaired) electrons. The summed E-state index contributed by atoms with van der Waals surface area (Å²) in [7, 11) is 9.64. The summed E-state index contributed by atoms with van der Waals surface area (Å²) in [5.74, 6) is -3.95. The Morgan fingerprint density at radius 3 is 1.29 bits per heavy atom. The summed E-state index contributed by atoms with van der Waals surface area (Å²) < 4.78 is 30.0. The number of fused-ring (bicyclic) bond motifs is 3. The Morgan fingerprint density at radius 1 is 0.549 bits per heavy atom. The highest BCUT2D eigenvalue weighted by atomic mass is 32.1. The molecule has 16 atom stereocenters. The third-order valence-electron chi connectivity index (χ3n) is 23.8. The molecular weight excluding hydrogens is 1470 g/mol. The predicted molar refractivity (Wildman–Crippen MR) is 448 cm³/mol. The number of rotatable bonds is 40. The molecule has 2 saturated heterocycles. The van der Waals surface area contributed by atoms with E-state index in [4.69, 9.17) is 29.4 Å². The first kappa shape index (κ1) is 94.4. The van der Waals surface area contributed by atoms with E-state index < -0.39 is 89.3 Å². The van der Waals surface area contributed by atoms with Gasteiger partial charge in [-0.1, -0.05) is 178 Å². The van der Waals surface area contributed by atoms with Gasteiger partial charge in [0.05, 0.1) is 95.0 Å². The SMILES string of the molecule is C.C.CC[C@H](C)[C@@H]([C@@H](CC(=O)N1CCC[C@H]1[C@H](OC)[C@@H](C)C(=O)C[C@@H](Cc1ccccc1)c1nccs1)OC)N(C)C(=O)[C@@H](CC(=O)OCC1c2ccccc2-c2ccccc21)C(C)(C)O.CC[C@H](C)[C@@H]([C@@H](CC(=O)N1CCC[C@H]1[C@H](OC)[C@@H](C)C(=O)C[C@@H](Cc1ccccc1)c1nccs1)OC)N(C)C(=O)[C@@H](N)C(C)(C)O. The maximum absolute atomic E-state index is 14.6. The van der Waals surface area contributed by atoms with Gasteiger partial charge in [-0.05, 0) is 111 Å². The minimum Gasteiger partial charge on any atom is -0.465 e. The number of nitrogens with zero attached hydrogens (tertiary/aromatic N) is 6. The Kier molecular flexibility index (Phi) is 36.8. The summed E-state index contributed by atoms with van der Waals surface area (Å²) >= 11 is 3.12. The van der Waals surface area contributed by atoms with Gasteiger partial charge in [-0.15, -0.1) is 22.7 Å². The van der Waals surface area contributed by atoms with Crippen molar-refractivity contribution in [2.45, 2.75) is 251 Å². The zero-order valence-corrected chi connectivity index (χ0v) is 69.8. The number of carbonyl (C=O) groups excluding carboxylic acids is 7. The fourth-order valence-corrected chi connectivity index (χ4v) is 18.4. The van der Waals surface area contributed by atoms with Gasteiger partial charge in [0.25, 0.3) is 0 Å². The number of hydrogen-bond acceptors (Lipinski definition) is 19. The van der Waals surface area contributed by atoms with E-state index in [2.05, 4.69) is 46.4 Å². The number of aliphatic hydroxyl groups is 2. The number of amides is 4. The molecule has 4 aromatic carbocycles. The van der Waals surface area contributed by atoms with Crippen molar-refractivity contribution in [1.29, 1.82) is 0 Å². The van der Waals surface area contributed by atoms with Crippen LogP contribution in [0.1, 0.15) is 205 Å². The number of carbonyl (C=O) groups is 7. The van der Waals surface area contributed by atoms with Gasteiger partial charge < -0.3 is 59.2 Å². The second kappa shape index (κ2) is 44.0. The number of likely N-dealkylation sites (tertiary alicyclic amines) is 2. The number of likely N-dealkylation sites (N-methyl/N-ethyl adjacent to an activating group) is 2. The largest absolute Gasteiger partial charge is 0.465 e. The van der Waals surface area contributed by atoms with Crippen molar-refractivity contribution in [3.8, 4) is 11.1 Å². The van der Waals surface area contributed by atoms with E-state index in [1.54, 1.807) is 82.5 Å². The van der Waals surface area contributed by atoms with E-state index in [-0.39, 0.29) is 106 Å². The zero-order valence-electron chi connectivity index (χ0n) is 68.2. The van der Waals surface area contributed by atoms with Gasteiger partial charge in [-0.2, -0.15) is 0 Å². The van der Waals surface area contributed by atoms with Crippen LogP contribution in [-0.4, -0.2) is 209 Å². The van der Waals surface area contributed by atoms with Crippen molar-refractivity contribution in [2.24, 2.45) is 35.3 Å². The maximum atomic E-state index is 14.6. The highest BCUT2D eigenvalue weighted by Crippen LogP contribution is 2.45. The molecule has 21 nitrogen and oxygen atoms in total. The average molecular weight is 1600 g/mol. The monoisotopic (exact) mass is 1600 g/mol. The maximum Gasteiger partial charge on any atom is 0.306 e. The Balaban J connectivity index is 0.000000363. The van der Waals surface area contributed by atoms with Crippen molar-refractivity contribution in [3.05, 3.63) is 165 Å². The lowest BCUT2D eigenvalue weighted by molar-refractivity contribution is -0.159. The molecule has 23 heteroatoms. The van der Waals surface area contributed by atoms with Crippen LogP contribution in [0.5, 0.6) is 0 Å². The smallest absolute Gasteiger partial charge is 0.306 e. The molecule has 0 bridgehead atoms. The van der Waals surface area contributed by atoms with E-state index in [0.29, 0.717) is 51.6 Å². The lowest BCUT2D eigenvalue weighted by Gasteiger charge is -2.41. The van der Waals surface area contributed by atoms with Crippen LogP contribution in [0.4, 0.5) is 0 Å². The number of methoxy groups -OCH3 is 4. The third kappa shape index (κ3) is 24.1. The third-order valence-corrected chi connectivity index (χ3v) is 25.7. The molecule has 0 spiro atoms. The Labute approximate surface area is 681 Å². The molecule has 622 valence electrons. The van der Waals surface area contributed by atoms with Crippen molar-refractivity contribution >= 4 is 63.8 Å². The summed E-state index contributed by atoms with van der Waals surface area (Å²) in [6.07, 6.45) is 7.44. The normalized spacial score (nSPS) is 18.6. The molecule has 6 aromatic rings. The Hall–Kier alpha value is -7.45. The molecule has 4 amide bonds. The van der Waals surface area contributed by atoms with Crippen LogP contribution in [0.15, 0.2) is 132 Å². The number of Topliss-reactive ketones (excluding diaryl/α,β-unsaturated/α-hetero) is 2. The molecule has 2 fully saturated rings. The van der Waals surface area contributed by atoms with E-state index in [1.807, 2.05) is 135 Å². The van der Waals surface area contributed by atoms with Crippen molar-refractivity contribution in [2.75, 3.05) is 62.2 Å². The summed E-state index contributed by atoms with van der Waals surface area (Å²) in [6.45, 7) is 19.1. The number of benzene rings is 4. The summed E-state index contributed by atoms with van der Waals surface area (Å²) in [6, 6.07) is 33.7. The van der Waals surface area contributed by atoms with E-state index in [1.165, 1.54) is 32.6 Å². The van der Waals surface area contributed by atoms with Crippen LogP contribution in [0, 0.1) is 29.6 Å². The van der Waals surface area contributed by atoms with Crippen LogP contribution in [0.2, 0.25) is 0 Å². The molecule has 1 aliphatic carbocycles. The number of esters is 1. The molecule has 113 heavy (non-hydrogen) atoms. The van der Waals surface area contributed by atoms with Crippen LogP contribution >= 0.6 is 22.7 Å². The minimum atomic E-state index is -1.57. The predicted octanol–water partition coefficient (Wildman–Crippen LogP) is 14.2. The van der Waals surface area contributed by atoms with Crippen LogP contribution in [0.25, 0.3) is 11.1 Å². The van der Waals surface area contributed by atoms with Gasteiger partial charge >= 0.3 is 5.97 Å². The molecular formula is C90H131N7O14S2. The molecule has 4 N–H and O–H groups in total. The van der Waals surface area contributed by atoms with Gasteiger partial charge in [0, 0.05) is 121 Å². The van der Waals surface area contributed by atoms with Gasteiger partial charge in [-0.3, -0.25) is 33.6 Å². The molecule has 3 aliphatic rings. The number of hydrogen-bond donors (Lipinski definition) is 3. The highest BCUT2D eigenvalue weighted by Gasteiger charge is 2.47. The van der Waals surface area contributed by atoms with Crippen LogP contribution in [-0.2, 0) is 70.1 Å². The standard InChI is InChI=1S/C52H67N3O8S.C36H56N4O6S.2CH4/c1-9-33(2)48(54(6)51(59)42(52(4,5)60)30-47(58)63-32-41-39-22-15-13-20-37(39)38-21-14-16-23-40(38)41)45(61-7)31-46(57)55-26-17-24-43(55)49(62-8)34(3)44(56)29-36(50-53-25-27-64-50)28-35-18-11-10-12-19-35;1-9-23(2)31(39(6)35(43)33(37)36(4,5)44)29(45-7)22-30(42)40-18-13-16-27(40)32(46-8)24(3)28(41)21-26(34-38-17-19-47-34)20-25-14-11-10-12-15-25;;/h10-16,18-23,25,27,33-34,36,41-43,45,48-49,60H,9,17,24,26,28-32H2,1-8H3;10-12,14-15,17,19,23-24,26-27,29,31-33,44H,9,13,16,18,20-22,37H2,1-8H3;2*1H4/t33-,34-,36+,42+,43-,45+,48-,49+;23-,24-,26+,27-,29+,31-,32+,33+;;/m00../s1. The molecule has 9 rings (SSSR count). The van der Waals surface area contributed by atoms with E-state index in [9.17, 15) is 43.8 Å². The lowest BCUT2D eigenvalue weighted by atomic mass is 9.84. The second-order valence-corrected chi connectivity index (χ2v) is 33.8. The number of nitrogens with two attached hydrogens (primary N) is 1. The molecule has 2 aliphatic heterocycles. The van der Waals surface area contributed by atoms with Crippen LogP contribution < -0.4 is 5.73 Å². The number of ether oxygens (including phenoxy) is 5. The summed E-state index contributed by atoms with van der Waals surface area (Å²) in [4.78, 5) is 114. The first-order valence-corrected chi connectivity index (χ1v) is 41.4.